The van der Waals surface area contributed by atoms with Crippen LogP contribution in [0.5, 0.6) is 5.75 Å². The summed E-state index contributed by atoms with van der Waals surface area (Å²) < 4.78 is 0. The van der Waals surface area contributed by atoms with Crippen LogP contribution in [-0.2, 0) is 6.42 Å². The second-order valence-corrected chi connectivity index (χ2v) is 3.20. The van der Waals surface area contributed by atoms with Crippen molar-refractivity contribution in [2.45, 2.75) is 27.2 Å². The third kappa shape index (κ3) is 1.31. The van der Waals surface area contributed by atoms with Crippen LogP contribution in [0.4, 0.5) is 0 Å². The van der Waals surface area contributed by atoms with Crippen molar-refractivity contribution in [3.63, 3.8) is 0 Å². The molecule has 0 bridgehead atoms. The lowest BCUT2D eigenvalue weighted by molar-refractivity contribution is 0.466. The first-order chi connectivity index (χ1) is 5.57. The smallest absolute Gasteiger partial charge is 0.121 e. The third-order valence-corrected chi connectivity index (χ3v) is 2.43. The quantitative estimate of drug-likeness (QED) is 0.675. The number of benzene rings is 1. The van der Waals surface area contributed by atoms with Gasteiger partial charge in [-0.15, -0.1) is 0 Å². The lowest BCUT2D eigenvalue weighted by Crippen LogP contribution is -1.93. The summed E-state index contributed by atoms with van der Waals surface area (Å²) in [6, 6.07) is 2.00. The zero-order valence-electron chi connectivity index (χ0n) is 7.94. The molecule has 0 aromatic heterocycles. The van der Waals surface area contributed by atoms with Crippen molar-refractivity contribution in [2.75, 3.05) is 0 Å². The first kappa shape index (κ1) is 9.11. The maximum absolute atomic E-state index is 9.59. The summed E-state index contributed by atoms with van der Waals surface area (Å²) in [4.78, 5) is 0. The first-order valence-corrected chi connectivity index (χ1v) is 4.15. The van der Waals surface area contributed by atoms with Crippen molar-refractivity contribution in [3.05, 3.63) is 35.2 Å². The number of aromatic hydroxyl groups is 1. The Morgan fingerprint density at radius 1 is 1.25 bits per heavy atom. The van der Waals surface area contributed by atoms with Gasteiger partial charge in [-0.1, -0.05) is 6.07 Å². The molecule has 1 heteroatoms. The average molecular weight is 163 g/mol. The Labute approximate surface area is 74.1 Å². The van der Waals surface area contributed by atoms with Crippen molar-refractivity contribution < 1.29 is 5.11 Å². The van der Waals surface area contributed by atoms with E-state index >= 15 is 0 Å². The summed E-state index contributed by atoms with van der Waals surface area (Å²) >= 11 is 0. The van der Waals surface area contributed by atoms with Gasteiger partial charge in [0.2, 0.25) is 0 Å². The van der Waals surface area contributed by atoms with Crippen LogP contribution >= 0.6 is 0 Å². The Bertz CT molecular complexity index is 300. The monoisotopic (exact) mass is 163 g/mol. The molecule has 1 rings (SSSR count). The van der Waals surface area contributed by atoms with E-state index in [4.69, 9.17) is 0 Å². The predicted molar refractivity (Wildman–Crippen MR) is 51.4 cm³/mol. The number of rotatable bonds is 1. The van der Waals surface area contributed by atoms with Crippen molar-refractivity contribution in [1.29, 1.82) is 0 Å². The van der Waals surface area contributed by atoms with Crippen molar-refractivity contribution in [2.24, 2.45) is 0 Å². The fraction of sp³-hybridized carbons (Fsp3) is 0.364. The van der Waals surface area contributed by atoms with E-state index in [1.165, 1.54) is 5.56 Å². The van der Waals surface area contributed by atoms with E-state index in [0.717, 1.165) is 23.1 Å². The second-order valence-electron chi connectivity index (χ2n) is 3.20. The van der Waals surface area contributed by atoms with E-state index in [2.05, 4.69) is 6.92 Å². The molecule has 0 saturated heterocycles. The van der Waals surface area contributed by atoms with Gasteiger partial charge in [0.15, 0.2) is 0 Å². The van der Waals surface area contributed by atoms with Crippen molar-refractivity contribution >= 4 is 0 Å². The lowest BCUT2D eigenvalue weighted by Gasteiger charge is -2.11. The van der Waals surface area contributed by atoms with E-state index in [-0.39, 0.29) is 0 Å². The molecule has 1 nitrogen and oxygen atoms in total. The Morgan fingerprint density at radius 2 is 1.83 bits per heavy atom. The summed E-state index contributed by atoms with van der Waals surface area (Å²) in [5.74, 6) is 0.421. The van der Waals surface area contributed by atoms with Gasteiger partial charge in [-0.3, -0.25) is 0 Å². The number of phenols is 1. The van der Waals surface area contributed by atoms with Gasteiger partial charge in [0.05, 0.1) is 0 Å². The normalized spacial score (nSPS) is 10.3. The summed E-state index contributed by atoms with van der Waals surface area (Å²) in [5, 5.41) is 9.59. The molecule has 0 aliphatic carbocycles. The molecule has 65 valence electrons. The number of phenolic OH excluding ortho intramolecular Hbond substituents is 1. The zero-order valence-corrected chi connectivity index (χ0v) is 7.94. The Hall–Kier alpha value is -0.980. The maximum atomic E-state index is 9.59. The molecule has 0 unspecified atom stereocenters. The molecule has 0 saturated carbocycles. The third-order valence-electron chi connectivity index (χ3n) is 2.43. The predicted octanol–water partition coefficient (Wildman–Crippen LogP) is 2.69. The minimum absolute atomic E-state index is 0.421. The van der Waals surface area contributed by atoms with Crippen molar-refractivity contribution in [1.82, 2.24) is 0 Å². The molecule has 1 aromatic carbocycles. The van der Waals surface area contributed by atoms with E-state index in [0.29, 0.717) is 5.75 Å². The van der Waals surface area contributed by atoms with Crippen LogP contribution in [0.25, 0.3) is 0 Å². The molecule has 0 atom stereocenters. The fourth-order valence-corrected chi connectivity index (χ4v) is 1.41. The Kier molecular flexibility index (Phi) is 2.41. The van der Waals surface area contributed by atoms with Gasteiger partial charge >= 0.3 is 0 Å². The van der Waals surface area contributed by atoms with Crippen LogP contribution in [0.1, 0.15) is 22.3 Å². The van der Waals surface area contributed by atoms with Crippen molar-refractivity contribution in [3.8, 4) is 5.75 Å². The summed E-state index contributed by atoms with van der Waals surface area (Å²) in [6.45, 7) is 9.73. The minimum Gasteiger partial charge on any atom is -0.507 e. The first-order valence-electron chi connectivity index (χ1n) is 4.15. The number of hydrogen-bond donors (Lipinski definition) is 1. The highest BCUT2D eigenvalue weighted by molar-refractivity contribution is 5.48. The van der Waals surface area contributed by atoms with Gasteiger partial charge in [-0.05, 0) is 56.4 Å². The maximum Gasteiger partial charge on any atom is 0.121 e. The molecule has 12 heavy (non-hydrogen) atoms. The topological polar surface area (TPSA) is 20.2 Å². The molecule has 1 radical (unpaired) electrons. The molecule has 0 amide bonds. The molecule has 0 spiro atoms. The highest BCUT2D eigenvalue weighted by atomic mass is 16.3. The Balaban J connectivity index is 3.39. The Morgan fingerprint density at radius 3 is 2.33 bits per heavy atom. The second kappa shape index (κ2) is 3.18. The molecule has 0 fully saturated rings. The van der Waals surface area contributed by atoms with Crippen LogP contribution in [0, 0.1) is 27.7 Å². The van der Waals surface area contributed by atoms with Crippen LogP contribution in [-0.4, -0.2) is 5.11 Å². The summed E-state index contributed by atoms with van der Waals surface area (Å²) in [5.41, 5.74) is 4.31. The van der Waals surface area contributed by atoms with Crippen LogP contribution in [0.15, 0.2) is 6.07 Å². The zero-order chi connectivity index (χ0) is 9.30. The van der Waals surface area contributed by atoms with E-state index in [1.54, 1.807) is 0 Å². The highest BCUT2D eigenvalue weighted by Crippen LogP contribution is 2.27. The van der Waals surface area contributed by atoms with Gasteiger partial charge < -0.3 is 5.11 Å². The SMILES string of the molecule is [CH2]Cc1cc(C)c(O)c(C)c1C. The summed E-state index contributed by atoms with van der Waals surface area (Å²) in [6.07, 6.45) is 0.786. The molecule has 1 aromatic rings. The van der Waals surface area contributed by atoms with Gasteiger partial charge in [0, 0.05) is 0 Å². The van der Waals surface area contributed by atoms with Gasteiger partial charge in [0.25, 0.3) is 0 Å². The standard InChI is InChI=1S/C11H15O/c1-5-10-6-7(2)11(12)9(4)8(10)3/h6,12H,1,5H2,2-4H3. The van der Waals surface area contributed by atoms with E-state index in [1.807, 2.05) is 26.8 Å². The highest BCUT2D eigenvalue weighted by Gasteiger charge is 2.06. The largest absolute Gasteiger partial charge is 0.507 e. The summed E-state index contributed by atoms with van der Waals surface area (Å²) in [7, 11) is 0. The van der Waals surface area contributed by atoms with Crippen LogP contribution in [0.3, 0.4) is 0 Å². The molecule has 1 N–H and O–H groups in total. The molecular formula is C11H15O. The van der Waals surface area contributed by atoms with Crippen LogP contribution in [0.2, 0.25) is 0 Å². The van der Waals surface area contributed by atoms with Gasteiger partial charge in [-0.2, -0.15) is 0 Å². The molecule has 0 aliphatic heterocycles. The number of hydrogen-bond acceptors (Lipinski definition) is 1. The molecule has 0 aliphatic rings. The van der Waals surface area contributed by atoms with Crippen LogP contribution < -0.4 is 0 Å². The average Bonchev–Trinajstić information content (AvgIpc) is 2.08. The van der Waals surface area contributed by atoms with Gasteiger partial charge in [0.1, 0.15) is 5.75 Å². The number of aryl methyl sites for hydroxylation is 1. The van der Waals surface area contributed by atoms with Gasteiger partial charge in [-0.25, -0.2) is 0 Å². The molecular weight excluding hydrogens is 148 g/mol. The van der Waals surface area contributed by atoms with E-state index in [9.17, 15) is 5.11 Å². The molecule has 0 heterocycles. The minimum atomic E-state index is 0.421. The lowest BCUT2D eigenvalue weighted by atomic mass is 9.97. The fourth-order valence-electron chi connectivity index (χ4n) is 1.41. The van der Waals surface area contributed by atoms with E-state index < -0.39 is 0 Å².